The van der Waals surface area contributed by atoms with Crippen LogP contribution in [0.1, 0.15) is 13.8 Å². The highest BCUT2D eigenvalue weighted by Crippen LogP contribution is 2.02. The van der Waals surface area contributed by atoms with Crippen LogP contribution >= 0.6 is 0 Å². The topological polar surface area (TPSA) is 50.1 Å². The van der Waals surface area contributed by atoms with Crippen molar-refractivity contribution in [3.63, 3.8) is 0 Å². The van der Waals surface area contributed by atoms with Gasteiger partial charge in [-0.2, -0.15) is 5.26 Å². The van der Waals surface area contributed by atoms with Crippen LogP contribution in [0.2, 0.25) is 0 Å². The number of nitrogens with zero attached hydrogens (tertiary/aromatic N) is 1. The van der Waals surface area contributed by atoms with Gasteiger partial charge in [0.15, 0.2) is 0 Å². The van der Waals surface area contributed by atoms with Crippen LogP contribution in [-0.4, -0.2) is 13.1 Å². The average molecular weight is 153 g/mol. The van der Waals surface area contributed by atoms with E-state index in [2.05, 4.69) is 4.74 Å². The summed E-state index contributed by atoms with van der Waals surface area (Å²) in [7, 11) is 1.26. The lowest BCUT2D eigenvalue weighted by molar-refractivity contribution is -0.135. The van der Waals surface area contributed by atoms with E-state index in [4.69, 9.17) is 5.26 Å². The first-order valence-corrected chi connectivity index (χ1v) is 3.32. The van der Waals surface area contributed by atoms with E-state index in [1.165, 1.54) is 7.11 Å². The van der Waals surface area contributed by atoms with Gasteiger partial charge < -0.3 is 4.74 Å². The van der Waals surface area contributed by atoms with E-state index in [9.17, 15) is 4.79 Å². The number of carbonyl (C=O) groups excluding carboxylic acids is 1. The van der Waals surface area contributed by atoms with Gasteiger partial charge in [-0.25, -0.2) is 4.79 Å². The van der Waals surface area contributed by atoms with E-state index >= 15 is 0 Å². The van der Waals surface area contributed by atoms with Crippen LogP contribution in [0.15, 0.2) is 11.6 Å². The summed E-state index contributed by atoms with van der Waals surface area (Å²) in [5, 5.41) is 8.46. The smallest absolute Gasteiger partial charge is 0.348 e. The molecule has 0 aliphatic carbocycles. The van der Waals surface area contributed by atoms with Gasteiger partial charge in [-0.15, -0.1) is 0 Å². The number of hydrogen-bond donors (Lipinski definition) is 0. The lowest BCUT2D eigenvalue weighted by Crippen LogP contribution is -2.03. The predicted octanol–water partition coefficient (Wildman–Crippen LogP) is 1.27. The van der Waals surface area contributed by atoms with E-state index in [0.717, 1.165) is 0 Å². The lowest BCUT2D eigenvalue weighted by atomic mass is 10.1. The van der Waals surface area contributed by atoms with Crippen molar-refractivity contribution in [3.8, 4) is 6.07 Å². The Morgan fingerprint density at radius 3 is 2.45 bits per heavy atom. The summed E-state index contributed by atoms with van der Waals surface area (Å²) in [5.41, 5.74) is 0.0718. The molecule has 0 aromatic rings. The van der Waals surface area contributed by atoms with E-state index in [0.29, 0.717) is 0 Å². The number of hydrogen-bond acceptors (Lipinski definition) is 3. The molecule has 0 spiro atoms. The zero-order valence-corrected chi connectivity index (χ0v) is 6.92. The van der Waals surface area contributed by atoms with Crippen molar-refractivity contribution in [1.82, 2.24) is 0 Å². The Morgan fingerprint density at radius 2 is 2.18 bits per heavy atom. The van der Waals surface area contributed by atoms with E-state index in [1.54, 1.807) is 12.1 Å². The number of methoxy groups -OCH3 is 1. The number of nitriles is 1. The quantitative estimate of drug-likeness (QED) is 0.341. The molecule has 3 nitrogen and oxygen atoms in total. The van der Waals surface area contributed by atoms with Crippen molar-refractivity contribution in [2.24, 2.45) is 5.92 Å². The molecule has 0 rings (SSSR count). The highest BCUT2D eigenvalue weighted by Gasteiger charge is 2.07. The van der Waals surface area contributed by atoms with Gasteiger partial charge in [0.1, 0.15) is 11.6 Å². The minimum atomic E-state index is -0.568. The first kappa shape index (κ1) is 9.70. The van der Waals surface area contributed by atoms with Crippen LogP contribution in [0.3, 0.4) is 0 Å². The first-order chi connectivity index (χ1) is 5.11. The highest BCUT2D eigenvalue weighted by molar-refractivity contribution is 5.92. The van der Waals surface area contributed by atoms with Gasteiger partial charge >= 0.3 is 5.97 Å². The number of ether oxygens (including phenoxy) is 1. The fraction of sp³-hybridized carbons (Fsp3) is 0.500. The third-order valence-corrected chi connectivity index (χ3v) is 1.03. The standard InChI is InChI=1S/C8H11NO2/c1-6(2)4-7(5-9)8(10)11-3/h4,6H,1-3H3. The first-order valence-electron chi connectivity index (χ1n) is 3.32. The van der Waals surface area contributed by atoms with Crippen molar-refractivity contribution < 1.29 is 9.53 Å². The van der Waals surface area contributed by atoms with Crippen LogP contribution in [0, 0.1) is 17.2 Å². The molecule has 0 bridgehead atoms. The van der Waals surface area contributed by atoms with E-state index in [-0.39, 0.29) is 11.5 Å². The van der Waals surface area contributed by atoms with Crippen LogP contribution in [0.4, 0.5) is 0 Å². The summed E-state index contributed by atoms with van der Waals surface area (Å²) in [6.07, 6.45) is 1.58. The molecule has 0 aliphatic rings. The van der Waals surface area contributed by atoms with Gasteiger partial charge in [-0.1, -0.05) is 19.9 Å². The summed E-state index contributed by atoms with van der Waals surface area (Å²) in [6.45, 7) is 3.78. The molecule has 0 saturated heterocycles. The van der Waals surface area contributed by atoms with Crippen LogP contribution in [-0.2, 0) is 9.53 Å². The second-order valence-electron chi connectivity index (χ2n) is 2.43. The van der Waals surface area contributed by atoms with Crippen LogP contribution in [0.25, 0.3) is 0 Å². The van der Waals surface area contributed by atoms with E-state index < -0.39 is 5.97 Å². The maximum Gasteiger partial charge on any atom is 0.348 e. The van der Waals surface area contributed by atoms with Gasteiger partial charge in [0.2, 0.25) is 0 Å². The highest BCUT2D eigenvalue weighted by atomic mass is 16.5. The molecule has 0 saturated carbocycles. The Labute approximate surface area is 66.3 Å². The van der Waals surface area contributed by atoms with Crippen LogP contribution < -0.4 is 0 Å². The second-order valence-corrected chi connectivity index (χ2v) is 2.43. The molecule has 3 heteroatoms. The molecular weight excluding hydrogens is 142 g/mol. The van der Waals surface area contributed by atoms with Crippen molar-refractivity contribution in [3.05, 3.63) is 11.6 Å². The van der Waals surface area contributed by atoms with Crippen molar-refractivity contribution in [2.45, 2.75) is 13.8 Å². The normalized spacial score (nSPS) is 11.0. The van der Waals surface area contributed by atoms with Crippen LogP contribution in [0.5, 0.6) is 0 Å². The number of allylic oxidation sites excluding steroid dienone is 1. The zero-order chi connectivity index (χ0) is 8.85. The molecule has 0 radical (unpaired) electrons. The van der Waals surface area contributed by atoms with Crippen molar-refractivity contribution >= 4 is 5.97 Å². The molecule has 0 atom stereocenters. The summed E-state index contributed by atoms with van der Waals surface area (Å²) >= 11 is 0. The maximum atomic E-state index is 10.8. The summed E-state index contributed by atoms with van der Waals surface area (Å²) < 4.78 is 4.37. The second kappa shape index (κ2) is 4.51. The zero-order valence-electron chi connectivity index (χ0n) is 6.92. The summed E-state index contributed by atoms with van der Waals surface area (Å²) in [5.74, 6) is -0.384. The summed E-state index contributed by atoms with van der Waals surface area (Å²) in [6, 6.07) is 1.77. The third-order valence-electron chi connectivity index (χ3n) is 1.03. The predicted molar refractivity (Wildman–Crippen MR) is 40.6 cm³/mol. The van der Waals surface area contributed by atoms with E-state index in [1.807, 2.05) is 13.8 Å². The molecule has 0 heterocycles. The molecule has 0 aliphatic heterocycles. The molecule has 0 unspecified atom stereocenters. The van der Waals surface area contributed by atoms with Crippen molar-refractivity contribution in [2.75, 3.05) is 7.11 Å². The average Bonchev–Trinajstić information content (AvgIpc) is 1.98. The van der Waals surface area contributed by atoms with Gasteiger partial charge in [-0.3, -0.25) is 0 Å². The Morgan fingerprint density at radius 1 is 1.64 bits per heavy atom. The molecule has 0 fully saturated rings. The molecule has 11 heavy (non-hydrogen) atoms. The lowest BCUT2D eigenvalue weighted by Gasteiger charge is -1.97. The Kier molecular flexibility index (Phi) is 3.97. The SMILES string of the molecule is COC(=O)C(C#N)=CC(C)C. The maximum absolute atomic E-state index is 10.8. The Hall–Kier alpha value is -1.30. The van der Waals surface area contributed by atoms with Gasteiger partial charge in [0.25, 0.3) is 0 Å². The van der Waals surface area contributed by atoms with Gasteiger partial charge in [0.05, 0.1) is 7.11 Å². The Bertz CT molecular complexity index is 211. The minimum absolute atomic E-state index is 0.0718. The molecule has 60 valence electrons. The fourth-order valence-electron chi connectivity index (χ4n) is 0.594. The molecular formula is C8H11NO2. The summed E-state index contributed by atoms with van der Waals surface area (Å²) in [4.78, 5) is 10.8. The monoisotopic (exact) mass is 153 g/mol. The van der Waals surface area contributed by atoms with Gasteiger partial charge in [0, 0.05) is 0 Å². The Balaban J connectivity index is 4.43. The van der Waals surface area contributed by atoms with Crippen molar-refractivity contribution in [1.29, 1.82) is 5.26 Å². The minimum Gasteiger partial charge on any atom is -0.465 e. The molecule has 0 aromatic heterocycles. The fourth-order valence-corrected chi connectivity index (χ4v) is 0.594. The number of rotatable bonds is 2. The number of esters is 1. The molecule has 0 N–H and O–H groups in total. The molecule has 0 aromatic carbocycles. The van der Waals surface area contributed by atoms with Gasteiger partial charge in [-0.05, 0) is 5.92 Å². The number of carbonyl (C=O) groups is 1. The third kappa shape index (κ3) is 3.41. The largest absolute Gasteiger partial charge is 0.465 e. The molecule has 0 amide bonds.